The van der Waals surface area contributed by atoms with E-state index in [0.29, 0.717) is 12.2 Å². The molecule has 0 aromatic heterocycles. The van der Waals surface area contributed by atoms with Crippen LogP contribution >= 0.6 is 0 Å². The minimum absolute atomic E-state index is 0.273. The summed E-state index contributed by atoms with van der Waals surface area (Å²) in [7, 11) is -3.90. The maximum absolute atomic E-state index is 12.7. The number of hydrogen-bond donors (Lipinski definition) is 2. The Hall–Kier alpha value is -1.14. The van der Waals surface area contributed by atoms with Crippen LogP contribution in [-0.2, 0) is 10.1 Å². The van der Waals surface area contributed by atoms with E-state index in [4.69, 9.17) is 4.55 Å². The lowest BCUT2D eigenvalue weighted by atomic mass is 10.3. The third-order valence-electron chi connectivity index (χ3n) is 1.73. The Bertz CT molecular complexity index is 419. The van der Waals surface area contributed by atoms with Gasteiger partial charge in [-0.3, -0.25) is 4.55 Å². The predicted molar refractivity (Wildman–Crippen MR) is 55.9 cm³/mol. The fourth-order valence-electron chi connectivity index (χ4n) is 1.09. The van der Waals surface area contributed by atoms with Gasteiger partial charge in [0.1, 0.15) is 5.82 Å². The summed E-state index contributed by atoms with van der Waals surface area (Å²) in [6.45, 7) is 0.364. The van der Waals surface area contributed by atoms with E-state index in [-0.39, 0.29) is 18.0 Å². The molecule has 15 heavy (non-hydrogen) atoms. The van der Waals surface area contributed by atoms with Crippen LogP contribution in [0.1, 0.15) is 6.42 Å². The maximum Gasteiger partial charge on any atom is 0.264 e. The number of rotatable bonds is 5. The van der Waals surface area contributed by atoms with Crippen molar-refractivity contribution in [3.63, 3.8) is 0 Å². The van der Waals surface area contributed by atoms with E-state index in [1.165, 1.54) is 12.1 Å². The van der Waals surface area contributed by atoms with Gasteiger partial charge in [0, 0.05) is 12.2 Å². The van der Waals surface area contributed by atoms with Crippen molar-refractivity contribution in [1.82, 2.24) is 0 Å². The largest absolute Gasteiger partial charge is 0.385 e. The predicted octanol–water partition coefficient (Wildman–Crippen LogP) is 1.52. The molecule has 1 aromatic carbocycles. The highest BCUT2D eigenvalue weighted by Crippen LogP contribution is 2.08. The summed E-state index contributed by atoms with van der Waals surface area (Å²) >= 11 is 0. The van der Waals surface area contributed by atoms with Gasteiger partial charge in [0.2, 0.25) is 0 Å². The van der Waals surface area contributed by atoms with Gasteiger partial charge in [-0.05, 0) is 24.6 Å². The van der Waals surface area contributed by atoms with Gasteiger partial charge in [0.05, 0.1) is 5.75 Å². The SMILES string of the molecule is O=S(=O)(O)CCCNc1cccc(F)c1. The van der Waals surface area contributed by atoms with Gasteiger partial charge in [-0.15, -0.1) is 0 Å². The molecule has 1 aromatic rings. The van der Waals surface area contributed by atoms with Gasteiger partial charge in [-0.25, -0.2) is 4.39 Å². The molecule has 0 unspecified atom stereocenters. The summed E-state index contributed by atoms with van der Waals surface area (Å²) in [5.41, 5.74) is 0.588. The number of benzene rings is 1. The summed E-state index contributed by atoms with van der Waals surface area (Å²) in [6.07, 6.45) is 0.273. The Labute approximate surface area is 87.9 Å². The zero-order chi connectivity index (χ0) is 11.3. The second-order valence-corrected chi connectivity index (χ2v) is 4.65. The summed E-state index contributed by atoms with van der Waals surface area (Å²) in [5, 5.41) is 2.84. The van der Waals surface area contributed by atoms with Crippen LogP contribution in [0.4, 0.5) is 10.1 Å². The number of hydrogen-bond acceptors (Lipinski definition) is 3. The standard InChI is InChI=1S/C9H12FNO3S/c10-8-3-1-4-9(7-8)11-5-2-6-15(12,13)14/h1,3-4,7,11H,2,5-6H2,(H,12,13,14). The molecule has 0 atom stereocenters. The van der Waals surface area contributed by atoms with Gasteiger partial charge in [0.15, 0.2) is 0 Å². The first-order chi connectivity index (χ1) is 6.97. The molecule has 6 heteroatoms. The van der Waals surface area contributed by atoms with Crippen molar-refractivity contribution < 1.29 is 17.4 Å². The highest BCUT2D eigenvalue weighted by atomic mass is 32.2. The van der Waals surface area contributed by atoms with Gasteiger partial charge in [0.25, 0.3) is 10.1 Å². The van der Waals surface area contributed by atoms with E-state index in [1.807, 2.05) is 0 Å². The Morgan fingerprint density at radius 2 is 2.13 bits per heavy atom. The van der Waals surface area contributed by atoms with E-state index in [0.717, 1.165) is 0 Å². The number of halogens is 1. The molecule has 0 heterocycles. The third kappa shape index (κ3) is 5.34. The minimum atomic E-state index is -3.90. The maximum atomic E-state index is 12.7. The van der Waals surface area contributed by atoms with E-state index >= 15 is 0 Å². The Balaban J connectivity index is 2.32. The summed E-state index contributed by atoms with van der Waals surface area (Å²) in [6, 6.07) is 5.87. The summed E-state index contributed by atoms with van der Waals surface area (Å²) < 4.78 is 41.9. The van der Waals surface area contributed by atoms with Crippen molar-refractivity contribution in [3.05, 3.63) is 30.1 Å². The molecule has 2 N–H and O–H groups in total. The lowest BCUT2D eigenvalue weighted by Gasteiger charge is -2.04. The highest BCUT2D eigenvalue weighted by molar-refractivity contribution is 7.85. The van der Waals surface area contributed by atoms with Crippen LogP contribution in [0.2, 0.25) is 0 Å². The van der Waals surface area contributed by atoms with Crippen LogP contribution in [-0.4, -0.2) is 25.3 Å². The van der Waals surface area contributed by atoms with Crippen LogP contribution < -0.4 is 5.32 Å². The van der Waals surface area contributed by atoms with Crippen LogP contribution in [0.3, 0.4) is 0 Å². The molecular formula is C9H12FNO3S. The minimum Gasteiger partial charge on any atom is -0.385 e. The second-order valence-electron chi connectivity index (χ2n) is 3.08. The van der Waals surface area contributed by atoms with Crippen molar-refractivity contribution in [3.8, 4) is 0 Å². The van der Waals surface area contributed by atoms with Crippen LogP contribution in [0.25, 0.3) is 0 Å². The summed E-state index contributed by atoms with van der Waals surface area (Å²) in [4.78, 5) is 0. The van der Waals surface area contributed by atoms with Crippen molar-refractivity contribution in [2.75, 3.05) is 17.6 Å². The topological polar surface area (TPSA) is 66.4 Å². The molecule has 0 aliphatic rings. The van der Waals surface area contributed by atoms with Gasteiger partial charge in [-0.2, -0.15) is 8.42 Å². The third-order valence-corrected chi connectivity index (χ3v) is 2.54. The molecule has 0 aliphatic heterocycles. The van der Waals surface area contributed by atoms with Gasteiger partial charge < -0.3 is 5.32 Å². The Morgan fingerprint density at radius 1 is 1.40 bits per heavy atom. The fraction of sp³-hybridized carbons (Fsp3) is 0.333. The first-order valence-electron chi connectivity index (χ1n) is 4.42. The molecule has 0 saturated heterocycles. The average molecular weight is 233 g/mol. The lowest BCUT2D eigenvalue weighted by Crippen LogP contribution is -2.10. The monoisotopic (exact) mass is 233 g/mol. The van der Waals surface area contributed by atoms with Crippen LogP contribution in [0.5, 0.6) is 0 Å². The average Bonchev–Trinajstić information content (AvgIpc) is 2.11. The molecule has 0 spiro atoms. The normalized spacial score (nSPS) is 11.3. The zero-order valence-electron chi connectivity index (χ0n) is 7.98. The molecule has 84 valence electrons. The molecule has 0 saturated carbocycles. The second kappa shape index (κ2) is 5.09. The van der Waals surface area contributed by atoms with Crippen molar-refractivity contribution in [1.29, 1.82) is 0 Å². The molecular weight excluding hydrogens is 221 g/mol. The van der Waals surface area contributed by atoms with E-state index in [1.54, 1.807) is 12.1 Å². The van der Waals surface area contributed by atoms with Crippen LogP contribution in [0.15, 0.2) is 24.3 Å². The van der Waals surface area contributed by atoms with E-state index in [2.05, 4.69) is 5.32 Å². The van der Waals surface area contributed by atoms with Crippen molar-refractivity contribution in [2.24, 2.45) is 0 Å². The molecule has 0 bridgehead atoms. The Morgan fingerprint density at radius 3 is 2.73 bits per heavy atom. The fourth-order valence-corrected chi connectivity index (χ4v) is 1.59. The number of anilines is 1. The van der Waals surface area contributed by atoms with E-state index < -0.39 is 10.1 Å². The summed E-state index contributed by atoms with van der Waals surface area (Å²) in [5.74, 6) is -0.648. The van der Waals surface area contributed by atoms with E-state index in [9.17, 15) is 12.8 Å². The first kappa shape index (κ1) is 11.9. The number of nitrogens with one attached hydrogen (secondary N) is 1. The molecule has 4 nitrogen and oxygen atoms in total. The molecule has 1 rings (SSSR count). The van der Waals surface area contributed by atoms with Crippen molar-refractivity contribution >= 4 is 15.8 Å². The molecule has 0 aliphatic carbocycles. The quantitative estimate of drug-likeness (QED) is 0.597. The molecule has 0 radical (unpaired) electrons. The zero-order valence-corrected chi connectivity index (χ0v) is 8.80. The Kier molecular flexibility index (Phi) is 4.05. The van der Waals surface area contributed by atoms with Crippen molar-refractivity contribution in [2.45, 2.75) is 6.42 Å². The van der Waals surface area contributed by atoms with Gasteiger partial charge >= 0.3 is 0 Å². The van der Waals surface area contributed by atoms with Crippen LogP contribution in [0, 0.1) is 5.82 Å². The van der Waals surface area contributed by atoms with Gasteiger partial charge in [-0.1, -0.05) is 6.07 Å². The lowest BCUT2D eigenvalue weighted by molar-refractivity contribution is 0.481. The first-order valence-corrected chi connectivity index (χ1v) is 6.03. The smallest absolute Gasteiger partial charge is 0.264 e. The molecule has 0 amide bonds. The molecule has 0 fully saturated rings. The highest BCUT2D eigenvalue weighted by Gasteiger charge is 2.03.